The van der Waals surface area contributed by atoms with Crippen LogP contribution in [0.15, 0.2) is 18.2 Å². The van der Waals surface area contributed by atoms with Crippen molar-refractivity contribution in [2.24, 2.45) is 23.2 Å². The molecule has 2 saturated carbocycles. The summed E-state index contributed by atoms with van der Waals surface area (Å²) in [4.78, 5) is 18.0. The van der Waals surface area contributed by atoms with E-state index in [2.05, 4.69) is 49.0 Å². The van der Waals surface area contributed by atoms with Crippen molar-refractivity contribution < 1.29 is 31.0 Å². The molecule has 4 aliphatic rings. The third kappa shape index (κ3) is 9.10. The Morgan fingerprint density at radius 1 is 0.898 bits per heavy atom. The number of piperidine rings is 1. The van der Waals surface area contributed by atoms with E-state index in [-0.39, 0.29) is 17.6 Å². The molecule has 3 fully saturated rings. The van der Waals surface area contributed by atoms with Crippen LogP contribution in [0.3, 0.4) is 0 Å². The van der Waals surface area contributed by atoms with E-state index in [1.807, 2.05) is 0 Å². The van der Waals surface area contributed by atoms with Crippen molar-refractivity contribution in [1.29, 1.82) is 0 Å². The van der Waals surface area contributed by atoms with Crippen LogP contribution in [-0.2, 0) is 22.0 Å². The number of hydrogen-bond acceptors (Lipinski definition) is 4. The minimum Gasteiger partial charge on any atom is -0.371 e. The fraction of sp³-hybridized carbons (Fsp3) is 0.821. The monoisotopic (exact) mass is 714 g/mol. The first kappa shape index (κ1) is 38.7. The molecule has 1 heterocycles. The highest BCUT2D eigenvalue weighted by atomic mass is 32.2. The standard InChI is InChI=1S/C39H59F5N2O2S/c1-37-21-17-33-32-14-13-31(46-22-18-30(19-23-46)45(2)3)27-29(32)26-28(36(33)34(37)15-16-35(37)47)12-9-7-5-4-6-8-10-24-49(48)25-11-20-38(40,41)39(42,43)44/h13-14,27-28,30,33-34,36H,4-12,15-26H2,1-3H3/t28-,33-,34+,36-,37+,49?/m1/s1. The van der Waals surface area contributed by atoms with Crippen LogP contribution in [0, 0.1) is 23.2 Å². The van der Waals surface area contributed by atoms with Crippen molar-refractivity contribution in [3.8, 4) is 0 Å². The number of nitrogens with zero attached hydrogens (tertiary/aromatic N) is 2. The van der Waals surface area contributed by atoms with Crippen LogP contribution in [0.2, 0.25) is 0 Å². The number of fused-ring (bicyclic) bond motifs is 5. The van der Waals surface area contributed by atoms with Crippen molar-refractivity contribution in [1.82, 2.24) is 4.90 Å². The fourth-order valence-electron chi connectivity index (χ4n) is 9.92. The van der Waals surface area contributed by atoms with Gasteiger partial charge in [-0.2, -0.15) is 22.0 Å². The van der Waals surface area contributed by atoms with Crippen LogP contribution < -0.4 is 4.90 Å². The fourth-order valence-corrected chi connectivity index (χ4v) is 11.1. The molecule has 0 aromatic heterocycles. The summed E-state index contributed by atoms with van der Waals surface area (Å²) < 4.78 is 75.1. The lowest BCUT2D eigenvalue weighted by molar-refractivity contribution is -0.284. The summed E-state index contributed by atoms with van der Waals surface area (Å²) in [5, 5.41) is 0. The number of benzene rings is 1. The minimum atomic E-state index is -5.54. The Morgan fingerprint density at radius 2 is 1.55 bits per heavy atom. The van der Waals surface area contributed by atoms with Crippen molar-refractivity contribution >= 4 is 22.3 Å². The molecule has 10 heteroatoms. The highest BCUT2D eigenvalue weighted by Gasteiger charge is 2.57. The number of carbonyl (C=O) groups excluding carboxylic acids is 1. The van der Waals surface area contributed by atoms with Gasteiger partial charge in [-0.25, -0.2) is 0 Å². The topological polar surface area (TPSA) is 40.6 Å². The Morgan fingerprint density at radius 3 is 2.22 bits per heavy atom. The lowest BCUT2D eigenvalue weighted by atomic mass is 9.52. The molecule has 0 amide bonds. The molecule has 1 aromatic rings. The third-order valence-electron chi connectivity index (χ3n) is 12.9. The molecular weight excluding hydrogens is 655 g/mol. The molecule has 278 valence electrons. The van der Waals surface area contributed by atoms with E-state index >= 15 is 0 Å². The second kappa shape index (κ2) is 16.4. The summed E-state index contributed by atoms with van der Waals surface area (Å²) in [5.41, 5.74) is 4.31. The Bertz CT molecular complexity index is 1280. The molecule has 1 saturated heterocycles. The van der Waals surface area contributed by atoms with Gasteiger partial charge in [0, 0.05) is 65.4 Å². The van der Waals surface area contributed by atoms with Crippen molar-refractivity contribution in [3.63, 3.8) is 0 Å². The molecule has 1 aliphatic heterocycles. The van der Waals surface area contributed by atoms with E-state index in [4.69, 9.17) is 0 Å². The van der Waals surface area contributed by atoms with Gasteiger partial charge in [0.25, 0.3) is 0 Å². The van der Waals surface area contributed by atoms with Gasteiger partial charge in [-0.1, -0.05) is 51.5 Å². The number of unbranched alkanes of at least 4 members (excludes halogenated alkanes) is 6. The second-order valence-electron chi connectivity index (χ2n) is 16.2. The Kier molecular flexibility index (Phi) is 13.0. The lowest BCUT2D eigenvalue weighted by Crippen LogP contribution is -2.46. The molecule has 1 aromatic carbocycles. The van der Waals surface area contributed by atoms with E-state index in [1.165, 1.54) is 43.4 Å². The first-order valence-electron chi connectivity index (χ1n) is 19.1. The van der Waals surface area contributed by atoms with Crippen molar-refractivity contribution in [3.05, 3.63) is 29.3 Å². The van der Waals surface area contributed by atoms with Crippen LogP contribution >= 0.6 is 0 Å². The zero-order valence-electron chi connectivity index (χ0n) is 30.0. The van der Waals surface area contributed by atoms with E-state index in [9.17, 15) is 31.0 Å². The van der Waals surface area contributed by atoms with Gasteiger partial charge in [0.05, 0.1) is 0 Å². The molecule has 0 N–H and O–H groups in total. The number of hydrogen-bond donors (Lipinski definition) is 0. The maximum Gasteiger partial charge on any atom is 0.453 e. The second-order valence-corrected chi connectivity index (χ2v) is 17.9. The number of carbonyl (C=O) groups is 1. The average molecular weight is 715 g/mol. The zero-order valence-corrected chi connectivity index (χ0v) is 30.8. The Balaban J connectivity index is 1.08. The maximum atomic E-state index is 13.1. The number of rotatable bonds is 16. The van der Waals surface area contributed by atoms with Crippen LogP contribution in [0.5, 0.6) is 0 Å². The van der Waals surface area contributed by atoms with Gasteiger partial charge in [-0.15, -0.1) is 0 Å². The smallest absolute Gasteiger partial charge is 0.371 e. The molecule has 49 heavy (non-hydrogen) atoms. The highest BCUT2D eigenvalue weighted by molar-refractivity contribution is 7.84. The number of Topliss-reactive ketones (excluding diaryl/α,β-unsaturated/α-hetero) is 1. The summed E-state index contributed by atoms with van der Waals surface area (Å²) in [6, 6.07) is 7.98. The third-order valence-corrected chi connectivity index (χ3v) is 14.4. The molecule has 3 aliphatic carbocycles. The van der Waals surface area contributed by atoms with Gasteiger partial charge < -0.3 is 9.80 Å². The Labute approximate surface area is 293 Å². The van der Waals surface area contributed by atoms with Gasteiger partial charge in [0.15, 0.2) is 0 Å². The summed E-state index contributed by atoms with van der Waals surface area (Å²) in [5.74, 6) is -1.73. The summed E-state index contributed by atoms with van der Waals surface area (Å²) in [6.07, 6.45) is 8.62. The summed E-state index contributed by atoms with van der Waals surface area (Å²) >= 11 is 0. The average Bonchev–Trinajstić information content (AvgIpc) is 3.36. The number of alkyl halides is 5. The first-order chi connectivity index (χ1) is 23.2. The molecule has 0 radical (unpaired) electrons. The van der Waals surface area contributed by atoms with Gasteiger partial charge in [-0.05, 0) is 119 Å². The SMILES string of the molecule is CN(C)C1CCN(c2ccc3c(c2)C[C@@H](CCCCCCCCCS(=O)CCCC(F)(F)C(F)(F)F)[C@@H]2[C@@H]3CC[C@]3(C)C(=O)CC[C@@H]23)CC1. The number of ketones is 1. The molecule has 1 unspecified atom stereocenters. The van der Waals surface area contributed by atoms with Gasteiger partial charge >= 0.3 is 12.1 Å². The van der Waals surface area contributed by atoms with Crippen molar-refractivity contribution in [2.45, 2.75) is 140 Å². The summed E-state index contributed by atoms with van der Waals surface area (Å²) in [7, 11) is 3.02. The van der Waals surface area contributed by atoms with E-state index in [0.717, 1.165) is 70.9 Å². The van der Waals surface area contributed by atoms with Gasteiger partial charge in [-0.3, -0.25) is 9.00 Å². The lowest BCUT2D eigenvalue weighted by Gasteiger charge is -2.52. The zero-order chi connectivity index (χ0) is 35.4. The largest absolute Gasteiger partial charge is 0.453 e. The van der Waals surface area contributed by atoms with Crippen molar-refractivity contribution in [2.75, 3.05) is 43.6 Å². The molecule has 4 nitrogen and oxygen atoms in total. The van der Waals surface area contributed by atoms with Crippen LogP contribution in [0.25, 0.3) is 0 Å². The molecular formula is C39H59F5N2O2S. The highest BCUT2D eigenvalue weighted by Crippen LogP contribution is 2.61. The van der Waals surface area contributed by atoms with Crippen LogP contribution in [-0.4, -0.2) is 71.7 Å². The summed E-state index contributed by atoms with van der Waals surface area (Å²) in [6.45, 7) is 4.47. The van der Waals surface area contributed by atoms with Gasteiger partial charge in [0.1, 0.15) is 5.78 Å². The molecule has 0 bridgehead atoms. The molecule has 0 spiro atoms. The predicted molar refractivity (Wildman–Crippen MR) is 189 cm³/mol. The number of anilines is 1. The first-order valence-corrected chi connectivity index (χ1v) is 20.6. The van der Waals surface area contributed by atoms with E-state index in [0.29, 0.717) is 47.7 Å². The maximum absolute atomic E-state index is 13.1. The van der Waals surface area contributed by atoms with Gasteiger partial charge in [0.2, 0.25) is 0 Å². The van der Waals surface area contributed by atoms with Crippen LogP contribution in [0.1, 0.15) is 127 Å². The molecule has 6 atom stereocenters. The van der Waals surface area contributed by atoms with E-state index in [1.54, 1.807) is 5.56 Å². The minimum absolute atomic E-state index is 0.107. The quantitative estimate of drug-likeness (QED) is 0.126. The van der Waals surface area contributed by atoms with E-state index < -0.39 is 29.3 Å². The normalized spacial score (nSPS) is 28.4. The van der Waals surface area contributed by atoms with Crippen LogP contribution in [0.4, 0.5) is 27.6 Å². The molecule has 5 rings (SSSR count). The predicted octanol–water partition coefficient (Wildman–Crippen LogP) is 9.72. The Hall–Kier alpha value is -1.55. The number of halogens is 5.